The Labute approximate surface area is 259 Å². The first kappa shape index (κ1) is 30.6. The standard InChI is InChI=1S/C30H26ClF3N4O5S/c1-37(2)28(40)18-9-8-17(31)12-23(18)44-30-26(39)25(27-22(42-30)14-41-29(43-27)15-6-4-3-5-7-15)38-13-21(35-36-38)16-10-19(32)24(34)20(33)11-16/h3-13,22,25-27,29-30,39H,14H2,1-2H3/t22?,25-,26?,27+,29?,30-/m1/s1. The second kappa shape index (κ2) is 12.5. The summed E-state index contributed by atoms with van der Waals surface area (Å²) in [5.41, 5.74) is 0.156. The van der Waals surface area contributed by atoms with Crippen LogP contribution in [0.3, 0.4) is 0 Å². The number of carbonyl (C=O) groups is 1. The first-order chi connectivity index (χ1) is 21.1. The Bertz CT molecular complexity index is 1660. The molecule has 4 aromatic rings. The summed E-state index contributed by atoms with van der Waals surface area (Å²) >= 11 is 7.38. The van der Waals surface area contributed by atoms with Crippen molar-refractivity contribution in [3.8, 4) is 11.3 Å². The molecule has 3 aromatic carbocycles. The summed E-state index contributed by atoms with van der Waals surface area (Å²) < 4.78 is 61.6. The lowest BCUT2D eigenvalue weighted by Gasteiger charge is -2.47. The predicted octanol–water partition coefficient (Wildman–Crippen LogP) is 5.25. The van der Waals surface area contributed by atoms with Crippen LogP contribution in [0.25, 0.3) is 11.3 Å². The number of aliphatic hydroxyl groups is 1. The molecule has 0 bridgehead atoms. The summed E-state index contributed by atoms with van der Waals surface area (Å²) in [6, 6.07) is 14.7. The van der Waals surface area contributed by atoms with Gasteiger partial charge in [-0.1, -0.05) is 58.9 Å². The number of rotatable bonds is 6. The molecule has 1 aromatic heterocycles. The highest BCUT2D eigenvalue weighted by Gasteiger charge is 2.51. The van der Waals surface area contributed by atoms with Crippen LogP contribution < -0.4 is 0 Å². The molecule has 3 heterocycles. The van der Waals surface area contributed by atoms with Gasteiger partial charge in [-0.3, -0.25) is 4.79 Å². The van der Waals surface area contributed by atoms with Crippen LogP contribution in [-0.2, 0) is 14.2 Å². The van der Waals surface area contributed by atoms with E-state index in [2.05, 4.69) is 10.3 Å². The SMILES string of the molecule is CN(C)C(=O)c1ccc(Cl)cc1S[C@H]1OC2COC(c3ccccc3)O[C@@H]2[C@H](n2cc(-c3cc(F)c(F)c(F)c3)nn2)C1O. The van der Waals surface area contributed by atoms with Crippen molar-refractivity contribution in [2.24, 2.45) is 0 Å². The fourth-order valence-electron chi connectivity index (χ4n) is 5.16. The van der Waals surface area contributed by atoms with Crippen molar-refractivity contribution in [1.29, 1.82) is 0 Å². The number of benzene rings is 3. The molecule has 3 unspecified atom stereocenters. The van der Waals surface area contributed by atoms with Crippen LogP contribution in [-0.4, -0.2) is 75.4 Å². The molecule has 0 saturated carbocycles. The lowest BCUT2D eigenvalue weighted by atomic mass is 9.96. The molecule has 2 saturated heterocycles. The molecule has 0 aliphatic carbocycles. The number of hydrogen-bond donors (Lipinski definition) is 1. The quantitative estimate of drug-likeness (QED) is 0.284. The van der Waals surface area contributed by atoms with E-state index in [1.54, 1.807) is 32.3 Å². The van der Waals surface area contributed by atoms with Gasteiger partial charge in [0.2, 0.25) is 0 Å². The zero-order valence-corrected chi connectivity index (χ0v) is 24.9. The molecule has 2 aliphatic heterocycles. The number of aromatic nitrogens is 3. The fraction of sp³-hybridized carbons (Fsp3) is 0.300. The van der Waals surface area contributed by atoms with Gasteiger partial charge in [0.1, 0.15) is 35.5 Å². The minimum absolute atomic E-state index is 0.0440. The third-order valence-electron chi connectivity index (χ3n) is 7.32. The number of thioether (sulfide) groups is 1. The van der Waals surface area contributed by atoms with Crippen LogP contribution >= 0.6 is 23.4 Å². The van der Waals surface area contributed by atoms with Gasteiger partial charge in [-0.05, 0) is 30.3 Å². The summed E-state index contributed by atoms with van der Waals surface area (Å²) in [5.74, 6) is -4.61. The summed E-state index contributed by atoms with van der Waals surface area (Å²) in [5, 5.41) is 20.4. The van der Waals surface area contributed by atoms with Crippen molar-refractivity contribution in [1.82, 2.24) is 19.9 Å². The number of fused-ring (bicyclic) bond motifs is 1. The lowest BCUT2D eigenvalue weighted by Crippen LogP contribution is -2.58. The number of amides is 1. The maximum atomic E-state index is 14.0. The van der Waals surface area contributed by atoms with E-state index < -0.39 is 53.5 Å². The van der Waals surface area contributed by atoms with E-state index in [1.165, 1.54) is 15.8 Å². The van der Waals surface area contributed by atoms with Crippen LogP contribution in [0.4, 0.5) is 13.2 Å². The van der Waals surface area contributed by atoms with Crippen LogP contribution in [0, 0.1) is 17.5 Å². The third kappa shape index (κ3) is 5.95. The Balaban J connectivity index is 1.36. The Morgan fingerprint density at radius 3 is 2.50 bits per heavy atom. The molecular formula is C30H26ClF3N4O5S. The molecule has 6 rings (SSSR count). The Kier molecular flexibility index (Phi) is 8.68. The zero-order chi connectivity index (χ0) is 31.1. The van der Waals surface area contributed by atoms with Crippen LogP contribution in [0.2, 0.25) is 5.02 Å². The van der Waals surface area contributed by atoms with Gasteiger partial charge in [0.25, 0.3) is 5.91 Å². The topological polar surface area (TPSA) is 98.9 Å². The average molecular weight is 647 g/mol. The van der Waals surface area contributed by atoms with Gasteiger partial charge in [0.05, 0.1) is 18.4 Å². The van der Waals surface area contributed by atoms with E-state index in [4.69, 9.17) is 25.8 Å². The zero-order valence-electron chi connectivity index (χ0n) is 23.3. The molecule has 230 valence electrons. The molecule has 2 aliphatic rings. The van der Waals surface area contributed by atoms with Crippen molar-refractivity contribution in [2.75, 3.05) is 20.7 Å². The van der Waals surface area contributed by atoms with Gasteiger partial charge in [0.15, 0.2) is 23.7 Å². The van der Waals surface area contributed by atoms with E-state index in [9.17, 15) is 23.1 Å². The first-order valence-electron chi connectivity index (χ1n) is 13.5. The van der Waals surface area contributed by atoms with Crippen LogP contribution in [0.5, 0.6) is 0 Å². The van der Waals surface area contributed by atoms with Crippen molar-refractivity contribution in [2.45, 2.75) is 41.0 Å². The second-order valence-electron chi connectivity index (χ2n) is 10.5. The molecule has 2 fully saturated rings. The number of aliphatic hydroxyl groups excluding tert-OH is 1. The van der Waals surface area contributed by atoms with Gasteiger partial charge in [0, 0.05) is 35.1 Å². The van der Waals surface area contributed by atoms with Crippen molar-refractivity contribution in [3.05, 3.63) is 100 Å². The molecular weight excluding hydrogens is 621 g/mol. The van der Waals surface area contributed by atoms with Crippen molar-refractivity contribution >= 4 is 29.3 Å². The highest BCUT2D eigenvalue weighted by atomic mass is 35.5. The van der Waals surface area contributed by atoms with Gasteiger partial charge in [-0.2, -0.15) is 0 Å². The molecule has 1 amide bonds. The number of hydrogen-bond acceptors (Lipinski definition) is 8. The van der Waals surface area contributed by atoms with Crippen molar-refractivity contribution in [3.63, 3.8) is 0 Å². The minimum atomic E-state index is -1.60. The highest BCUT2D eigenvalue weighted by molar-refractivity contribution is 8.00. The van der Waals surface area contributed by atoms with Gasteiger partial charge < -0.3 is 24.2 Å². The molecule has 1 N–H and O–H groups in total. The minimum Gasteiger partial charge on any atom is -0.387 e. The van der Waals surface area contributed by atoms with Gasteiger partial charge >= 0.3 is 0 Å². The van der Waals surface area contributed by atoms with E-state index in [0.717, 1.165) is 29.5 Å². The van der Waals surface area contributed by atoms with E-state index >= 15 is 0 Å². The lowest BCUT2D eigenvalue weighted by molar-refractivity contribution is -0.306. The second-order valence-corrected chi connectivity index (χ2v) is 12.1. The number of nitrogens with zero attached hydrogens (tertiary/aromatic N) is 4. The Hall–Kier alpha value is -3.46. The normalized spacial score (nSPS) is 25.0. The van der Waals surface area contributed by atoms with Crippen LogP contribution in [0.1, 0.15) is 28.3 Å². The van der Waals surface area contributed by atoms with Gasteiger partial charge in [-0.15, -0.1) is 5.10 Å². The van der Waals surface area contributed by atoms with E-state index in [0.29, 0.717) is 15.5 Å². The number of halogens is 4. The average Bonchev–Trinajstić information content (AvgIpc) is 3.50. The van der Waals surface area contributed by atoms with E-state index in [1.807, 2.05) is 30.3 Å². The molecule has 14 heteroatoms. The highest BCUT2D eigenvalue weighted by Crippen LogP contribution is 2.44. The van der Waals surface area contributed by atoms with Crippen LogP contribution in [0.15, 0.2) is 71.8 Å². The number of carbonyl (C=O) groups excluding carboxylic acids is 1. The molecule has 0 radical (unpaired) electrons. The predicted molar refractivity (Wildman–Crippen MR) is 154 cm³/mol. The molecule has 0 spiro atoms. The first-order valence-corrected chi connectivity index (χ1v) is 14.8. The van der Waals surface area contributed by atoms with Gasteiger partial charge in [-0.25, -0.2) is 17.9 Å². The third-order valence-corrected chi connectivity index (χ3v) is 8.77. The molecule has 6 atom stereocenters. The van der Waals surface area contributed by atoms with Crippen molar-refractivity contribution < 1.29 is 37.3 Å². The maximum Gasteiger partial charge on any atom is 0.254 e. The van der Waals surface area contributed by atoms with E-state index in [-0.39, 0.29) is 23.8 Å². The summed E-state index contributed by atoms with van der Waals surface area (Å²) in [6.45, 7) is 0.0967. The maximum absolute atomic E-state index is 14.0. The molecule has 9 nitrogen and oxygen atoms in total. The summed E-state index contributed by atoms with van der Waals surface area (Å²) in [7, 11) is 3.25. The number of ether oxygens (including phenoxy) is 3. The Morgan fingerprint density at radius 2 is 1.80 bits per heavy atom. The molecule has 44 heavy (non-hydrogen) atoms. The summed E-state index contributed by atoms with van der Waals surface area (Å²) in [4.78, 5) is 14.8. The monoisotopic (exact) mass is 646 g/mol. The Morgan fingerprint density at radius 1 is 1.07 bits per heavy atom. The fourth-order valence-corrected chi connectivity index (χ4v) is 6.62. The largest absolute Gasteiger partial charge is 0.387 e. The smallest absolute Gasteiger partial charge is 0.254 e. The summed E-state index contributed by atoms with van der Waals surface area (Å²) in [6.07, 6.45) is -2.18.